The lowest BCUT2D eigenvalue weighted by atomic mass is 9.88. The van der Waals surface area contributed by atoms with Gasteiger partial charge in [-0.1, -0.05) is 41.5 Å². The van der Waals surface area contributed by atoms with E-state index in [2.05, 4.69) is 88.3 Å². The van der Waals surface area contributed by atoms with E-state index in [0.29, 0.717) is 5.92 Å². The van der Waals surface area contributed by atoms with Gasteiger partial charge < -0.3 is 9.88 Å². The van der Waals surface area contributed by atoms with Crippen LogP contribution in [0.4, 0.5) is 0 Å². The van der Waals surface area contributed by atoms with Crippen molar-refractivity contribution in [2.24, 2.45) is 0 Å². The molecular weight excluding hydrogens is 428 g/mol. The molecule has 2 heterocycles. The van der Waals surface area contributed by atoms with Gasteiger partial charge in [-0.3, -0.25) is 0 Å². The van der Waals surface area contributed by atoms with Crippen molar-refractivity contribution in [1.29, 1.82) is 0 Å². The Morgan fingerprint density at radius 3 is 2.39 bits per heavy atom. The maximum absolute atomic E-state index is 3.52. The smallest absolute Gasteiger partial charge is 0.0457 e. The first-order chi connectivity index (χ1) is 13.7. The van der Waals surface area contributed by atoms with Crippen LogP contribution in [0.15, 0.2) is 62.9 Å². The zero-order chi connectivity index (χ0) is 19.5. The van der Waals surface area contributed by atoms with Crippen molar-refractivity contribution < 1.29 is 0 Å². The number of H-pyrrole nitrogens is 1. The number of likely N-dealkylation sites (tertiary alicyclic amines) is 1. The molecule has 4 heteroatoms. The van der Waals surface area contributed by atoms with Gasteiger partial charge in [-0.25, -0.2) is 0 Å². The average molecular weight is 457 g/mol. The molecule has 0 spiro atoms. The molecule has 1 fully saturated rings. The second-order valence-electron chi connectivity index (χ2n) is 7.79. The number of hydrogen-bond donors (Lipinski definition) is 1. The fourth-order valence-electron chi connectivity index (χ4n) is 4.54. The van der Waals surface area contributed by atoms with Crippen LogP contribution in [0.3, 0.4) is 0 Å². The molecule has 0 radical (unpaired) electrons. The van der Waals surface area contributed by atoms with E-state index in [9.17, 15) is 0 Å². The fraction of sp³-hybridized carbons (Fsp3) is 0.417. The summed E-state index contributed by atoms with van der Waals surface area (Å²) in [6.07, 6.45) is 7.34. The van der Waals surface area contributed by atoms with Crippen LogP contribution in [-0.4, -0.2) is 29.0 Å². The van der Waals surface area contributed by atoms with E-state index in [4.69, 9.17) is 0 Å². The van der Waals surface area contributed by atoms with Crippen LogP contribution in [0, 0.1) is 0 Å². The van der Waals surface area contributed by atoms with Crippen molar-refractivity contribution >= 4 is 38.6 Å². The van der Waals surface area contributed by atoms with Crippen LogP contribution >= 0.6 is 27.7 Å². The standard InChI is InChI=1S/C24H29BrN2S/c1-3-19(4-2)27-13-11-17(12-14-27)23-16-26-24-10-9-21(15-22(23)24)28-20-7-5-18(25)6-8-20/h5-10,15-17,19,26H,3-4,11-14H2,1-2H3. The highest BCUT2D eigenvalue weighted by Crippen LogP contribution is 2.37. The summed E-state index contributed by atoms with van der Waals surface area (Å²) in [4.78, 5) is 8.81. The first kappa shape index (κ1) is 20.1. The summed E-state index contributed by atoms with van der Waals surface area (Å²) in [5.74, 6) is 0.673. The lowest BCUT2D eigenvalue weighted by Gasteiger charge is -2.37. The van der Waals surface area contributed by atoms with Gasteiger partial charge in [-0.15, -0.1) is 0 Å². The van der Waals surface area contributed by atoms with Crippen molar-refractivity contribution in [2.75, 3.05) is 13.1 Å². The minimum atomic E-state index is 0.673. The molecule has 1 aliphatic heterocycles. The monoisotopic (exact) mass is 456 g/mol. The first-order valence-electron chi connectivity index (χ1n) is 10.5. The number of nitrogens with one attached hydrogen (secondary N) is 1. The molecule has 0 amide bonds. The third-order valence-corrected chi connectivity index (χ3v) is 7.69. The van der Waals surface area contributed by atoms with E-state index in [1.807, 2.05) is 11.8 Å². The molecule has 1 N–H and O–H groups in total. The molecule has 1 saturated heterocycles. The molecule has 0 aliphatic carbocycles. The van der Waals surface area contributed by atoms with Gasteiger partial charge in [0.05, 0.1) is 0 Å². The summed E-state index contributed by atoms with van der Waals surface area (Å²) in [5.41, 5.74) is 2.77. The van der Waals surface area contributed by atoms with Gasteiger partial charge in [-0.2, -0.15) is 0 Å². The number of rotatable bonds is 6. The average Bonchev–Trinajstić information content (AvgIpc) is 3.14. The number of fused-ring (bicyclic) bond motifs is 1. The van der Waals surface area contributed by atoms with E-state index in [1.165, 1.54) is 65.0 Å². The third-order valence-electron chi connectivity index (χ3n) is 6.16. The van der Waals surface area contributed by atoms with Crippen molar-refractivity contribution in [3.63, 3.8) is 0 Å². The minimum Gasteiger partial charge on any atom is -0.361 e. The molecule has 2 nitrogen and oxygen atoms in total. The van der Waals surface area contributed by atoms with Crippen molar-refractivity contribution in [1.82, 2.24) is 9.88 Å². The predicted octanol–water partition coefficient (Wildman–Crippen LogP) is 7.45. The van der Waals surface area contributed by atoms with E-state index >= 15 is 0 Å². The number of aromatic amines is 1. The predicted molar refractivity (Wildman–Crippen MR) is 124 cm³/mol. The lowest BCUT2D eigenvalue weighted by Crippen LogP contribution is -2.40. The van der Waals surface area contributed by atoms with Gasteiger partial charge >= 0.3 is 0 Å². The number of aromatic nitrogens is 1. The van der Waals surface area contributed by atoms with Crippen LogP contribution in [0.5, 0.6) is 0 Å². The van der Waals surface area contributed by atoms with Crippen molar-refractivity contribution in [3.05, 3.63) is 58.7 Å². The number of benzene rings is 2. The summed E-state index contributed by atoms with van der Waals surface area (Å²) in [7, 11) is 0. The topological polar surface area (TPSA) is 19.0 Å². The minimum absolute atomic E-state index is 0.673. The Labute approximate surface area is 181 Å². The maximum Gasteiger partial charge on any atom is 0.0457 e. The molecule has 0 saturated carbocycles. The van der Waals surface area contributed by atoms with Gasteiger partial charge in [0.15, 0.2) is 0 Å². The summed E-state index contributed by atoms with van der Waals surface area (Å²) in [6, 6.07) is 16.2. The molecule has 0 unspecified atom stereocenters. The maximum atomic E-state index is 3.52. The number of piperidine rings is 1. The molecule has 1 aliphatic rings. The van der Waals surface area contributed by atoms with Crippen LogP contribution in [-0.2, 0) is 0 Å². The van der Waals surface area contributed by atoms with Crippen LogP contribution in [0.25, 0.3) is 10.9 Å². The first-order valence-corrected chi connectivity index (χ1v) is 12.1. The van der Waals surface area contributed by atoms with E-state index in [1.54, 1.807) is 0 Å². The Morgan fingerprint density at radius 1 is 1.04 bits per heavy atom. The summed E-state index contributed by atoms with van der Waals surface area (Å²) in [5, 5.41) is 1.41. The van der Waals surface area contributed by atoms with Gasteiger partial charge in [0.1, 0.15) is 0 Å². The summed E-state index contributed by atoms with van der Waals surface area (Å²) < 4.78 is 1.12. The third kappa shape index (κ3) is 4.34. The molecule has 28 heavy (non-hydrogen) atoms. The molecular formula is C24H29BrN2S. The molecule has 0 bridgehead atoms. The van der Waals surface area contributed by atoms with Crippen LogP contribution in [0.2, 0.25) is 0 Å². The highest BCUT2D eigenvalue weighted by Gasteiger charge is 2.25. The molecule has 0 atom stereocenters. The van der Waals surface area contributed by atoms with Crippen LogP contribution < -0.4 is 0 Å². The van der Waals surface area contributed by atoms with E-state index in [-0.39, 0.29) is 0 Å². The van der Waals surface area contributed by atoms with Crippen LogP contribution in [0.1, 0.15) is 51.0 Å². The number of hydrogen-bond acceptors (Lipinski definition) is 2. The Bertz CT molecular complexity index is 906. The summed E-state index contributed by atoms with van der Waals surface area (Å²) >= 11 is 5.35. The number of halogens is 1. The fourth-order valence-corrected chi connectivity index (χ4v) is 5.66. The molecule has 1 aromatic heterocycles. The van der Waals surface area contributed by atoms with Gasteiger partial charge in [0.2, 0.25) is 0 Å². The zero-order valence-corrected chi connectivity index (χ0v) is 19.2. The SMILES string of the molecule is CCC(CC)N1CCC(c2c[nH]c3ccc(Sc4ccc(Br)cc4)cc23)CC1. The largest absolute Gasteiger partial charge is 0.361 e. The van der Waals surface area contributed by atoms with Gasteiger partial charge in [0, 0.05) is 37.4 Å². The highest BCUT2D eigenvalue weighted by molar-refractivity contribution is 9.10. The lowest BCUT2D eigenvalue weighted by molar-refractivity contribution is 0.144. The Balaban J connectivity index is 1.51. The van der Waals surface area contributed by atoms with E-state index < -0.39 is 0 Å². The van der Waals surface area contributed by atoms with Gasteiger partial charge in [0.25, 0.3) is 0 Å². The normalized spacial score (nSPS) is 16.3. The molecule has 2 aromatic carbocycles. The van der Waals surface area contributed by atoms with E-state index in [0.717, 1.165) is 10.5 Å². The second-order valence-corrected chi connectivity index (χ2v) is 9.85. The Kier molecular flexibility index (Phi) is 6.49. The highest BCUT2D eigenvalue weighted by atomic mass is 79.9. The number of nitrogens with zero attached hydrogens (tertiary/aromatic N) is 1. The van der Waals surface area contributed by atoms with Crippen molar-refractivity contribution in [3.8, 4) is 0 Å². The Morgan fingerprint density at radius 2 is 1.71 bits per heavy atom. The summed E-state index contributed by atoms with van der Waals surface area (Å²) in [6.45, 7) is 7.11. The second kappa shape index (κ2) is 9.06. The quantitative estimate of drug-likeness (QED) is 0.415. The molecule has 4 rings (SSSR count). The molecule has 3 aromatic rings. The van der Waals surface area contributed by atoms with Gasteiger partial charge in [-0.05, 0) is 92.7 Å². The Hall–Kier alpha value is -1.23. The van der Waals surface area contributed by atoms with Crippen molar-refractivity contribution in [2.45, 2.75) is 61.3 Å². The molecule has 148 valence electrons. The zero-order valence-electron chi connectivity index (χ0n) is 16.7.